The summed E-state index contributed by atoms with van der Waals surface area (Å²) in [4.78, 5) is 13.5. The van der Waals surface area contributed by atoms with Gasteiger partial charge in [-0.05, 0) is 56.5 Å². The molecule has 2 aromatic rings. The molecule has 0 radical (unpaired) electrons. The summed E-state index contributed by atoms with van der Waals surface area (Å²) < 4.78 is 41.1. The van der Waals surface area contributed by atoms with Gasteiger partial charge in [0, 0.05) is 18.0 Å². The average Bonchev–Trinajstić information content (AvgIpc) is 3.05. The number of hydrogen-bond donors (Lipinski definition) is 1. The summed E-state index contributed by atoms with van der Waals surface area (Å²) >= 11 is 1.22. The summed E-state index contributed by atoms with van der Waals surface area (Å²) in [6, 6.07) is 7.87. The molecule has 1 aliphatic heterocycles. The van der Waals surface area contributed by atoms with E-state index in [9.17, 15) is 17.6 Å². The zero-order chi connectivity index (χ0) is 18.9. The number of thiophene rings is 1. The number of benzene rings is 1. The molecular weight excluding hydrogens is 375 g/mol. The number of nitrogens with one attached hydrogen (secondary N) is 1. The summed E-state index contributed by atoms with van der Waals surface area (Å²) in [5, 5.41) is 2.60. The molecule has 1 unspecified atom stereocenters. The molecule has 2 heterocycles. The molecule has 1 aromatic carbocycles. The van der Waals surface area contributed by atoms with Crippen LogP contribution in [0.25, 0.3) is 0 Å². The minimum atomic E-state index is -3.60. The van der Waals surface area contributed by atoms with Crippen LogP contribution in [0.1, 0.15) is 23.3 Å². The third-order valence-electron chi connectivity index (χ3n) is 4.44. The number of sulfonamides is 1. The third kappa shape index (κ3) is 3.97. The van der Waals surface area contributed by atoms with Crippen LogP contribution in [0.15, 0.2) is 34.5 Å². The molecule has 1 fully saturated rings. The Balaban J connectivity index is 1.74. The number of carbonyl (C=O) groups excluding carboxylic acids is 1. The second-order valence-electron chi connectivity index (χ2n) is 6.54. The van der Waals surface area contributed by atoms with E-state index in [2.05, 4.69) is 5.32 Å². The normalized spacial score (nSPS) is 18.7. The van der Waals surface area contributed by atoms with Gasteiger partial charge < -0.3 is 5.32 Å². The van der Waals surface area contributed by atoms with Crippen LogP contribution in [0.3, 0.4) is 0 Å². The van der Waals surface area contributed by atoms with Gasteiger partial charge >= 0.3 is 0 Å². The Morgan fingerprint density at radius 2 is 2.04 bits per heavy atom. The largest absolute Gasteiger partial charge is 0.323 e. The first-order valence-corrected chi connectivity index (χ1v) is 10.7. The third-order valence-corrected chi connectivity index (χ3v) is 7.78. The molecular formula is C18H21FN2O3S2. The Labute approximate surface area is 156 Å². The number of amides is 1. The van der Waals surface area contributed by atoms with E-state index in [-0.39, 0.29) is 18.1 Å². The Hall–Kier alpha value is -1.77. The van der Waals surface area contributed by atoms with Crippen molar-refractivity contribution in [3.63, 3.8) is 0 Å². The number of halogens is 1. The molecule has 8 heteroatoms. The van der Waals surface area contributed by atoms with Gasteiger partial charge in [0.2, 0.25) is 5.91 Å². The summed E-state index contributed by atoms with van der Waals surface area (Å²) in [6.45, 7) is 4.17. The molecule has 140 valence electrons. The minimum absolute atomic E-state index is 0.110. The lowest BCUT2D eigenvalue weighted by atomic mass is 9.98. The molecule has 1 N–H and O–H groups in total. The first kappa shape index (κ1) is 19.0. The topological polar surface area (TPSA) is 66.5 Å². The van der Waals surface area contributed by atoms with Gasteiger partial charge in [0.25, 0.3) is 10.0 Å². The Kier molecular flexibility index (Phi) is 5.45. The molecule has 26 heavy (non-hydrogen) atoms. The van der Waals surface area contributed by atoms with Crippen molar-refractivity contribution in [2.75, 3.05) is 18.4 Å². The van der Waals surface area contributed by atoms with Gasteiger partial charge in [-0.25, -0.2) is 12.8 Å². The van der Waals surface area contributed by atoms with Gasteiger partial charge in [-0.1, -0.05) is 6.07 Å². The molecule has 1 aromatic heterocycles. The van der Waals surface area contributed by atoms with Gasteiger partial charge in [0.05, 0.1) is 11.6 Å². The summed E-state index contributed by atoms with van der Waals surface area (Å²) in [5.41, 5.74) is 0.964. The van der Waals surface area contributed by atoms with Crippen LogP contribution in [-0.4, -0.2) is 31.7 Å². The molecule has 0 bridgehead atoms. The van der Waals surface area contributed by atoms with E-state index in [4.69, 9.17) is 0 Å². The second kappa shape index (κ2) is 7.46. The first-order valence-electron chi connectivity index (χ1n) is 8.41. The van der Waals surface area contributed by atoms with E-state index in [1.807, 2.05) is 13.8 Å². The molecule has 0 spiro atoms. The highest BCUT2D eigenvalue weighted by atomic mass is 32.2. The lowest BCUT2D eigenvalue weighted by molar-refractivity contribution is -0.120. The van der Waals surface area contributed by atoms with E-state index in [1.165, 1.54) is 21.7 Å². The minimum Gasteiger partial charge on any atom is -0.323 e. The number of carbonyl (C=O) groups is 1. The lowest BCUT2D eigenvalue weighted by Gasteiger charge is -2.30. The van der Waals surface area contributed by atoms with Crippen LogP contribution in [0.5, 0.6) is 0 Å². The van der Waals surface area contributed by atoms with E-state index in [1.54, 1.807) is 24.3 Å². The molecule has 0 saturated carbocycles. The van der Waals surface area contributed by atoms with Crippen LogP contribution in [-0.2, 0) is 14.8 Å². The number of hydrogen-bond acceptors (Lipinski definition) is 4. The zero-order valence-corrected chi connectivity index (χ0v) is 16.3. The van der Waals surface area contributed by atoms with Crippen molar-refractivity contribution in [1.82, 2.24) is 4.31 Å². The average molecular weight is 397 g/mol. The zero-order valence-electron chi connectivity index (χ0n) is 14.7. The van der Waals surface area contributed by atoms with Crippen LogP contribution in [0, 0.1) is 25.6 Å². The van der Waals surface area contributed by atoms with Crippen LogP contribution >= 0.6 is 11.3 Å². The van der Waals surface area contributed by atoms with Crippen molar-refractivity contribution in [3.05, 3.63) is 46.6 Å². The maximum atomic E-state index is 13.9. The highest BCUT2D eigenvalue weighted by molar-refractivity contribution is 7.91. The van der Waals surface area contributed by atoms with Gasteiger partial charge in [0.15, 0.2) is 0 Å². The van der Waals surface area contributed by atoms with Gasteiger partial charge in [-0.15, -0.1) is 11.3 Å². The van der Waals surface area contributed by atoms with E-state index < -0.39 is 21.8 Å². The SMILES string of the molecule is Cc1ccc(F)c(NC(=O)C2CCCN(S(=O)(=O)c3ccc(C)s3)C2)c1. The van der Waals surface area contributed by atoms with E-state index in [0.717, 1.165) is 10.4 Å². The summed E-state index contributed by atoms with van der Waals surface area (Å²) in [5.74, 6) is -1.35. The van der Waals surface area contributed by atoms with Crippen molar-refractivity contribution < 1.29 is 17.6 Å². The Bertz CT molecular complexity index is 924. The fourth-order valence-electron chi connectivity index (χ4n) is 3.02. The maximum Gasteiger partial charge on any atom is 0.252 e. The van der Waals surface area contributed by atoms with Crippen LogP contribution in [0.2, 0.25) is 0 Å². The maximum absolute atomic E-state index is 13.9. The van der Waals surface area contributed by atoms with E-state index in [0.29, 0.717) is 23.6 Å². The number of aryl methyl sites for hydroxylation is 2. The van der Waals surface area contributed by atoms with E-state index >= 15 is 0 Å². The predicted octanol–water partition coefficient (Wildman–Crippen LogP) is 3.54. The monoisotopic (exact) mass is 396 g/mol. The van der Waals surface area contributed by atoms with Crippen molar-refractivity contribution in [2.45, 2.75) is 30.9 Å². The Morgan fingerprint density at radius 3 is 2.73 bits per heavy atom. The fraction of sp³-hybridized carbons (Fsp3) is 0.389. The Morgan fingerprint density at radius 1 is 1.27 bits per heavy atom. The smallest absolute Gasteiger partial charge is 0.252 e. The van der Waals surface area contributed by atoms with Gasteiger partial charge in [-0.2, -0.15) is 4.31 Å². The van der Waals surface area contributed by atoms with Crippen molar-refractivity contribution in [3.8, 4) is 0 Å². The van der Waals surface area contributed by atoms with Gasteiger partial charge in [-0.3, -0.25) is 4.79 Å². The van der Waals surface area contributed by atoms with Crippen LogP contribution in [0.4, 0.5) is 10.1 Å². The molecule has 1 atom stereocenters. The number of rotatable bonds is 4. The lowest BCUT2D eigenvalue weighted by Crippen LogP contribution is -2.43. The summed E-state index contributed by atoms with van der Waals surface area (Å²) in [6.07, 6.45) is 1.17. The number of nitrogens with zero attached hydrogens (tertiary/aromatic N) is 1. The van der Waals surface area contributed by atoms with Gasteiger partial charge in [0.1, 0.15) is 10.0 Å². The molecule has 1 amide bonds. The highest BCUT2D eigenvalue weighted by Gasteiger charge is 2.34. The number of piperidine rings is 1. The van der Waals surface area contributed by atoms with Crippen molar-refractivity contribution in [1.29, 1.82) is 0 Å². The molecule has 5 nitrogen and oxygen atoms in total. The standard InChI is InChI=1S/C18H21FN2O3S2/c1-12-5-7-15(19)16(10-12)20-18(22)14-4-3-9-21(11-14)26(23,24)17-8-6-13(2)25-17/h5-8,10,14H,3-4,9,11H2,1-2H3,(H,20,22). The molecule has 3 rings (SSSR count). The van der Waals surface area contributed by atoms with Crippen LogP contribution < -0.4 is 5.32 Å². The summed E-state index contributed by atoms with van der Waals surface area (Å²) in [7, 11) is -3.60. The molecule has 1 aliphatic rings. The quantitative estimate of drug-likeness (QED) is 0.860. The predicted molar refractivity (Wildman–Crippen MR) is 100 cm³/mol. The van der Waals surface area contributed by atoms with Crippen molar-refractivity contribution in [2.24, 2.45) is 5.92 Å². The highest BCUT2D eigenvalue weighted by Crippen LogP contribution is 2.29. The van der Waals surface area contributed by atoms with Crippen molar-refractivity contribution >= 4 is 33.0 Å². The first-order chi connectivity index (χ1) is 12.3. The molecule has 1 saturated heterocycles. The molecule has 0 aliphatic carbocycles. The second-order valence-corrected chi connectivity index (χ2v) is 9.99. The fourth-order valence-corrected chi connectivity index (χ4v) is 5.98. The number of anilines is 1.